The van der Waals surface area contributed by atoms with Crippen LogP contribution in [-0.4, -0.2) is 61.1 Å². The number of carbonyl (C=O) groups excluding carboxylic acids is 1. The molecule has 0 saturated carbocycles. The van der Waals surface area contributed by atoms with Crippen molar-refractivity contribution in [3.63, 3.8) is 0 Å². The van der Waals surface area contributed by atoms with Crippen LogP contribution < -0.4 is 25.2 Å². The number of benzene rings is 2. The first-order valence-electron chi connectivity index (χ1n) is 10.5. The smallest absolute Gasteiger partial charge is 0.322 e. The van der Waals surface area contributed by atoms with Crippen LogP contribution in [0.2, 0.25) is 5.02 Å². The molecule has 9 nitrogen and oxygen atoms in total. The molecule has 1 N–H and O–H groups in total. The Labute approximate surface area is 200 Å². The molecule has 0 aliphatic carbocycles. The molecule has 4 rings (SSSR count). The van der Waals surface area contributed by atoms with Crippen molar-refractivity contribution >= 4 is 29.1 Å². The predicted molar refractivity (Wildman–Crippen MR) is 127 cm³/mol. The number of nitrogens with zero attached hydrogens (tertiary/aromatic N) is 4. The van der Waals surface area contributed by atoms with Gasteiger partial charge in [-0.3, -0.25) is 4.79 Å². The summed E-state index contributed by atoms with van der Waals surface area (Å²) >= 11 is 6.19. The highest BCUT2D eigenvalue weighted by atomic mass is 35.5. The first kappa shape index (κ1) is 23.4. The largest absolute Gasteiger partial charge is 0.495 e. The van der Waals surface area contributed by atoms with Crippen LogP contribution in [-0.2, 0) is 0 Å². The second kappa shape index (κ2) is 10.0. The monoisotopic (exact) mass is 487 g/mol. The number of piperazine rings is 1. The van der Waals surface area contributed by atoms with E-state index < -0.39 is 5.82 Å². The molecule has 0 atom stereocenters. The van der Waals surface area contributed by atoms with Gasteiger partial charge in [-0.15, -0.1) is 5.10 Å². The molecule has 2 amide bonds. The van der Waals surface area contributed by atoms with Gasteiger partial charge in [0.2, 0.25) is 0 Å². The number of halogens is 2. The summed E-state index contributed by atoms with van der Waals surface area (Å²) in [6.45, 7) is 1.91. The number of hydrogen-bond donors (Lipinski definition) is 1. The summed E-state index contributed by atoms with van der Waals surface area (Å²) < 4.78 is 25.0. The van der Waals surface area contributed by atoms with Crippen molar-refractivity contribution in [1.29, 1.82) is 0 Å². The molecule has 1 fully saturated rings. The van der Waals surface area contributed by atoms with Gasteiger partial charge in [-0.25, -0.2) is 9.18 Å². The van der Waals surface area contributed by atoms with Gasteiger partial charge in [0.05, 0.1) is 30.6 Å². The van der Waals surface area contributed by atoms with E-state index in [1.807, 2.05) is 4.90 Å². The topological polar surface area (TPSA) is 88.9 Å². The second-order valence-electron chi connectivity index (χ2n) is 7.51. The number of methoxy groups -OCH3 is 2. The highest BCUT2D eigenvalue weighted by Crippen LogP contribution is 2.36. The zero-order valence-corrected chi connectivity index (χ0v) is 19.4. The summed E-state index contributed by atoms with van der Waals surface area (Å²) in [5.41, 5.74) is 0.590. The zero-order chi connectivity index (χ0) is 24.2. The minimum Gasteiger partial charge on any atom is -0.495 e. The molecule has 0 bridgehead atoms. The van der Waals surface area contributed by atoms with E-state index in [2.05, 4.69) is 10.4 Å². The van der Waals surface area contributed by atoms with E-state index in [-0.39, 0.29) is 11.6 Å². The number of anilines is 2. The first-order valence-corrected chi connectivity index (χ1v) is 10.9. The summed E-state index contributed by atoms with van der Waals surface area (Å²) in [4.78, 5) is 28.8. The van der Waals surface area contributed by atoms with Crippen LogP contribution in [0.1, 0.15) is 0 Å². The van der Waals surface area contributed by atoms with E-state index in [0.717, 1.165) is 0 Å². The lowest BCUT2D eigenvalue weighted by Crippen LogP contribution is -2.50. The lowest BCUT2D eigenvalue weighted by atomic mass is 10.2. The number of urea groups is 1. The molecule has 11 heteroatoms. The molecule has 0 unspecified atom stereocenters. The third-order valence-electron chi connectivity index (χ3n) is 5.46. The molecular weight excluding hydrogens is 465 g/mol. The van der Waals surface area contributed by atoms with Crippen molar-refractivity contribution in [2.75, 3.05) is 50.6 Å². The maximum atomic E-state index is 13.2. The van der Waals surface area contributed by atoms with Crippen LogP contribution in [0.4, 0.5) is 20.7 Å². The summed E-state index contributed by atoms with van der Waals surface area (Å²) in [5.74, 6) is 1.07. The van der Waals surface area contributed by atoms with Crippen LogP contribution in [0.25, 0.3) is 5.69 Å². The Hall–Kier alpha value is -3.79. The number of ether oxygens (including phenoxy) is 2. The van der Waals surface area contributed by atoms with Crippen molar-refractivity contribution in [2.45, 2.75) is 0 Å². The molecule has 3 aromatic rings. The molecule has 1 aliphatic heterocycles. The Balaban J connectivity index is 1.43. The van der Waals surface area contributed by atoms with Gasteiger partial charge in [0, 0.05) is 38.3 Å². The van der Waals surface area contributed by atoms with Crippen LogP contribution in [0.5, 0.6) is 11.5 Å². The average Bonchev–Trinajstić information content (AvgIpc) is 2.85. The number of nitrogens with one attached hydrogen (secondary N) is 1. The fourth-order valence-electron chi connectivity index (χ4n) is 3.63. The molecule has 1 aromatic heterocycles. The lowest BCUT2D eigenvalue weighted by Gasteiger charge is -2.35. The van der Waals surface area contributed by atoms with Crippen molar-refractivity contribution in [2.24, 2.45) is 0 Å². The summed E-state index contributed by atoms with van der Waals surface area (Å²) in [7, 11) is 2.99. The number of rotatable bonds is 5. The maximum absolute atomic E-state index is 13.2. The normalized spacial score (nSPS) is 13.5. The molecule has 178 valence electrons. The molecule has 2 heterocycles. The van der Waals surface area contributed by atoms with Gasteiger partial charge in [0.25, 0.3) is 5.56 Å². The Bertz CT molecular complexity index is 1240. The van der Waals surface area contributed by atoms with E-state index in [1.54, 1.807) is 23.1 Å². The molecule has 0 spiro atoms. The molecule has 1 aliphatic rings. The summed E-state index contributed by atoms with van der Waals surface area (Å²) in [5, 5.41) is 7.61. The third kappa shape index (κ3) is 4.91. The van der Waals surface area contributed by atoms with Gasteiger partial charge in [0.1, 0.15) is 23.1 Å². The van der Waals surface area contributed by atoms with Crippen molar-refractivity contribution < 1.29 is 18.7 Å². The number of aromatic nitrogens is 2. The Morgan fingerprint density at radius 2 is 1.68 bits per heavy atom. The molecule has 0 radical (unpaired) electrons. The fraction of sp³-hybridized carbons (Fsp3) is 0.261. The van der Waals surface area contributed by atoms with Gasteiger partial charge in [-0.05, 0) is 36.4 Å². The van der Waals surface area contributed by atoms with Gasteiger partial charge < -0.3 is 24.6 Å². The van der Waals surface area contributed by atoms with E-state index in [0.29, 0.717) is 59.9 Å². The third-order valence-corrected chi connectivity index (χ3v) is 5.76. The lowest BCUT2D eigenvalue weighted by molar-refractivity contribution is 0.208. The maximum Gasteiger partial charge on any atom is 0.322 e. The standard InChI is InChI=1S/C23H23ClFN5O4/c1-33-19-14-20(34-2)18(13-17(19)24)26-23(32)29-11-9-28(10-12-29)21-7-8-22(31)30(27-21)16-5-3-15(25)4-6-16/h3-8,13-14H,9-12H2,1-2H3,(H,26,32). The van der Waals surface area contributed by atoms with Gasteiger partial charge in [-0.1, -0.05) is 11.6 Å². The highest BCUT2D eigenvalue weighted by molar-refractivity contribution is 6.32. The summed E-state index contributed by atoms with van der Waals surface area (Å²) in [6.07, 6.45) is 0. The van der Waals surface area contributed by atoms with Crippen LogP contribution >= 0.6 is 11.6 Å². The van der Waals surface area contributed by atoms with Crippen LogP contribution in [0.15, 0.2) is 53.3 Å². The minimum absolute atomic E-state index is 0.288. The van der Waals surface area contributed by atoms with E-state index in [9.17, 15) is 14.0 Å². The average molecular weight is 488 g/mol. The fourth-order valence-corrected chi connectivity index (χ4v) is 3.87. The molecular formula is C23H23ClFN5O4. The zero-order valence-electron chi connectivity index (χ0n) is 18.6. The van der Waals surface area contributed by atoms with Crippen LogP contribution in [0.3, 0.4) is 0 Å². The Morgan fingerprint density at radius 3 is 2.32 bits per heavy atom. The van der Waals surface area contributed by atoms with E-state index in [1.165, 1.54) is 49.2 Å². The molecule has 34 heavy (non-hydrogen) atoms. The van der Waals surface area contributed by atoms with Crippen molar-refractivity contribution in [3.8, 4) is 17.2 Å². The molecule has 2 aromatic carbocycles. The Morgan fingerprint density at radius 1 is 1.00 bits per heavy atom. The highest BCUT2D eigenvalue weighted by Gasteiger charge is 2.24. The number of amides is 2. The quantitative estimate of drug-likeness (QED) is 0.593. The number of carbonyl (C=O) groups is 1. The predicted octanol–water partition coefficient (Wildman–Crippen LogP) is 3.40. The van der Waals surface area contributed by atoms with E-state index in [4.69, 9.17) is 21.1 Å². The minimum atomic E-state index is -0.392. The van der Waals surface area contributed by atoms with Gasteiger partial charge in [-0.2, -0.15) is 4.68 Å². The first-order chi connectivity index (χ1) is 16.4. The number of hydrogen-bond acceptors (Lipinski definition) is 6. The van der Waals surface area contributed by atoms with Crippen molar-refractivity contribution in [3.05, 3.63) is 69.7 Å². The van der Waals surface area contributed by atoms with Gasteiger partial charge in [0.15, 0.2) is 0 Å². The van der Waals surface area contributed by atoms with Crippen LogP contribution in [0, 0.1) is 5.82 Å². The van der Waals surface area contributed by atoms with Crippen molar-refractivity contribution in [1.82, 2.24) is 14.7 Å². The molecule has 1 saturated heterocycles. The SMILES string of the molecule is COc1cc(OC)c(NC(=O)N2CCN(c3ccc(=O)n(-c4ccc(F)cc4)n3)CC2)cc1Cl. The van der Waals surface area contributed by atoms with Gasteiger partial charge >= 0.3 is 6.03 Å². The second-order valence-corrected chi connectivity index (χ2v) is 7.92. The Kier molecular flexibility index (Phi) is 6.87. The van der Waals surface area contributed by atoms with E-state index >= 15 is 0 Å². The summed E-state index contributed by atoms with van der Waals surface area (Å²) in [6, 6.07) is 11.5.